The van der Waals surface area contributed by atoms with Crippen LogP contribution in [0, 0.1) is 0 Å². The molecule has 0 aliphatic carbocycles. The second kappa shape index (κ2) is 7.84. The van der Waals surface area contributed by atoms with Crippen molar-refractivity contribution in [2.75, 3.05) is 0 Å². The van der Waals surface area contributed by atoms with E-state index in [4.69, 9.17) is 0 Å². The average molecular weight is 253 g/mol. The van der Waals surface area contributed by atoms with Crippen molar-refractivity contribution in [3.05, 3.63) is 43.0 Å². The van der Waals surface area contributed by atoms with Gasteiger partial charge in [0.2, 0.25) is 0 Å². The van der Waals surface area contributed by atoms with Gasteiger partial charge >= 0.3 is 93.4 Å². The van der Waals surface area contributed by atoms with E-state index in [1.807, 2.05) is 6.08 Å². The van der Waals surface area contributed by atoms with E-state index in [2.05, 4.69) is 36.9 Å². The van der Waals surface area contributed by atoms with Gasteiger partial charge in [0.15, 0.2) is 0 Å². The van der Waals surface area contributed by atoms with Gasteiger partial charge < -0.3 is 0 Å². The van der Waals surface area contributed by atoms with E-state index < -0.39 is 0 Å². The second-order valence-electron chi connectivity index (χ2n) is 3.30. The molecule has 0 saturated carbocycles. The zero-order valence-corrected chi connectivity index (χ0v) is 10.3. The molecule has 0 atom stereocenters. The average Bonchev–Trinajstić information content (AvgIpc) is 2.25. The van der Waals surface area contributed by atoms with Gasteiger partial charge in [0.1, 0.15) is 0 Å². The molecule has 0 unspecified atom stereocenters. The molecule has 0 heterocycles. The Kier molecular flexibility index (Phi) is 6.47. The predicted molar refractivity (Wildman–Crippen MR) is 65.3 cm³/mol. The summed E-state index contributed by atoms with van der Waals surface area (Å²) in [5.74, 6) is 0. The van der Waals surface area contributed by atoms with Crippen LogP contribution in [0.25, 0.3) is 0 Å². The van der Waals surface area contributed by atoms with Crippen LogP contribution >= 0.6 is 0 Å². The fourth-order valence-electron chi connectivity index (χ4n) is 1.27. The number of hydrogen-bond acceptors (Lipinski definition) is 0. The maximum atomic E-state index is 3.73. The molecule has 0 saturated heterocycles. The molecule has 0 nitrogen and oxygen atoms in total. The van der Waals surface area contributed by atoms with Gasteiger partial charge in [-0.15, -0.1) is 0 Å². The minimum atomic E-state index is 0.690. The summed E-state index contributed by atoms with van der Waals surface area (Å²) in [6.07, 6.45) is 7.25. The minimum absolute atomic E-state index is 0.690. The third kappa shape index (κ3) is 5.26. The van der Waals surface area contributed by atoms with E-state index in [9.17, 15) is 0 Å². The van der Waals surface area contributed by atoms with Crippen molar-refractivity contribution in [1.29, 1.82) is 0 Å². The Labute approximate surface area is 93.6 Å². The van der Waals surface area contributed by atoms with Gasteiger partial charge in [0.25, 0.3) is 0 Å². The fraction of sp³-hybridized carbons (Fsp3) is 0.385. The normalized spacial score (nSPS) is 10.0. The van der Waals surface area contributed by atoms with E-state index in [0.717, 1.165) is 0 Å². The third-order valence-electron chi connectivity index (χ3n) is 2.06. The zero-order chi connectivity index (χ0) is 10.1. The van der Waals surface area contributed by atoms with Gasteiger partial charge in [-0.1, -0.05) is 0 Å². The van der Waals surface area contributed by atoms with Crippen LogP contribution in [0.2, 0.25) is 5.32 Å². The first-order valence-corrected chi connectivity index (χ1v) is 7.29. The molecule has 0 N–H and O–H groups in total. The quantitative estimate of drug-likeness (QED) is 0.398. The molecule has 0 bridgehead atoms. The molecular weight excluding hydrogens is 235 g/mol. The van der Waals surface area contributed by atoms with Crippen molar-refractivity contribution >= 4 is 19.4 Å². The Bertz CT molecular complexity index is 241. The predicted octanol–water partition coefficient (Wildman–Crippen LogP) is 3.18. The van der Waals surface area contributed by atoms with Crippen LogP contribution in [0.3, 0.4) is 0 Å². The molecule has 1 heteroatoms. The van der Waals surface area contributed by atoms with E-state index >= 15 is 0 Å². The molecule has 0 fully saturated rings. The van der Waals surface area contributed by atoms with Gasteiger partial charge in [-0.2, -0.15) is 0 Å². The fourth-order valence-corrected chi connectivity index (χ4v) is 3.23. The Morgan fingerprint density at radius 3 is 2.57 bits per heavy atom. The molecular formula is C13H18Se. The van der Waals surface area contributed by atoms with Crippen LogP contribution in [0.4, 0.5) is 0 Å². The van der Waals surface area contributed by atoms with Crippen LogP contribution in [-0.4, -0.2) is 15.0 Å². The Morgan fingerprint density at radius 1 is 1.07 bits per heavy atom. The molecule has 0 aromatic heterocycles. The van der Waals surface area contributed by atoms with Crippen LogP contribution in [0.5, 0.6) is 0 Å². The van der Waals surface area contributed by atoms with Crippen molar-refractivity contribution in [2.45, 2.75) is 31.0 Å². The first-order valence-electron chi connectivity index (χ1n) is 5.22. The van der Waals surface area contributed by atoms with E-state index in [-0.39, 0.29) is 0 Å². The van der Waals surface area contributed by atoms with Crippen molar-refractivity contribution in [1.82, 2.24) is 0 Å². The molecule has 1 aromatic carbocycles. The monoisotopic (exact) mass is 254 g/mol. The Morgan fingerprint density at radius 2 is 1.86 bits per heavy atom. The molecule has 0 aliphatic rings. The summed E-state index contributed by atoms with van der Waals surface area (Å²) in [6.45, 7) is 3.73. The summed E-state index contributed by atoms with van der Waals surface area (Å²) in [5.41, 5.74) is 0. The maximum absolute atomic E-state index is 3.73. The molecule has 14 heavy (non-hydrogen) atoms. The van der Waals surface area contributed by atoms with E-state index in [0.29, 0.717) is 15.0 Å². The number of unbranched alkanes of at least 4 members (excludes halogenated alkanes) is 3. The summed E-state index contributed by atoms with van der Waals surface area (Å²) < 4.78 is 1.53. The summed E-state index contributed by atoms with van der Waals surface area (Å²) in [7, 11) is 0. The van der Waals surface area contributed by atoms with Crippen LogP contribution in [-0.2, 0) is 0 Å². The SMILES string of the molecule is C=CCCCCC[Se]c1ccccc1. The molecule has 1 rings (SSSR count). The number of hydrogen-bond donors (Lipinski definition) is 0. The molecule has 76 valence electrons. The van der Waals surface area contributed by atoms with Crippen LogP contribution in [0.1, 0.15) is 25.7 Å². The summed E-state index contributed by atoms with van der Waals surface area (Å²) >= 11 is 0.690. The van der Waals surface area contributed by atoms with Crippen LogP contribution < -0.4 is 4.46 Å². The molecule has 0 aliphatic heterocycles. The van der Waals surface area contributed by atoms with Gasteiger partial charge in [-0.25, -0.2) is 0 Å². The van der Waals surface area contributed by atoms with Crippen molar-refractivity contribution in [3.63, 3.8) is 0 Å². The molecule has 0 radical (unpaired) electrons. The first-order chi connectivity index (χ1) is 6.93. The van der Waals surface area contributed by atoms with E-state index in [1.165, 1.54) is 35.5 Å². The number of allylic oxidation sites excluding steroid dienone is 1. The standard InChI is InChI=1S/C13H18Se/c1-2-3-4-5-9-12-14-13-10-7-6-8-11-13/h2,6-8,10-11H,1,3-5,9,12H2. The van der Waals surface area contributed by atoms with Crippen LogP contribution in [0.15, 0.2) is 43.0 Å². The number of rotatable bonds is 7. The molecule has 1 aromatic rings. The summed E-state index contributed by atoms with van der Waals surface area (Å²) in [6, 6.07) is 10.8. The third-order valence-corrected chi connectivity index (χ3v) is 4.37. The van der Waals surface area contributed by atoms with Crippen molar-refractivity contribution in [2.24, 2.45) is 0 Å². The topological polar surface area (TPSA) is 0 Å². The first kappa shape index (κ1) is 11.6. The summed E-state index contributed by atoms with van der Waals surface area (Å²) in [5, 5.41) is 1.38. The van der Waals surface area contributed by atoms with Crippen molar-refractivity contribution < 1.29 is 0 Å². The Balaban J connectivity index is 2.02. The van der Waals surface area contributed by atoms with Gasteiger partial charge in [0, 0.05) is 0 Å². The van der Waals surface area contributed by atoms with Gasteiger partial charge in [0.05, 0.1) is 0 Å². The summed E-state index contributed by atoms with van der Waals surface area (Å²) in [4.78, 5) is 0. The second-order valence-corrected chi connectivity index (χ2v) is 5.75. The molecule has 0 spiro atoms. The van der Waals surface area contributed by atoms with Crippen molar-refractivity contribution in [3.8, 4) is 0 Å². The number of benzene rings is 1. The zero-order valence-electron chi connectivity index (χ0n) is 8.61. The molecule has 0 amide bonds. The van der Waals surface area contributed by atoms with E-state index in [1.54, 1.807) is 0 Å². The van der Waals surface area contributed by atoms with Gasteiger partial charge in [-0.05, 0) is 0 Å². The van der Waals surface area contributed by atoms with Gasteiger partial charge in [-0.3, -0.25) is 0 Å². The Hall–Kier alpha value is -0.521.